The van der Waals surface area contributed by atoms with E-state index in [-0.39, 0.29) is 28.5 Å². The van der Waals surface area contributed by atoms with Crippen molar-refractivity contribution in [3.05, 3.63) is 28.2 Å². The van der Waals surface area contributed by atoms with E-state index in [1.54, 1.807) is 0 Å². The number of rotatable bonds is 5. The molecule has 1 aliphatic rings. The summed E-state index contributed by atoms with van der Waals surface area (Å²) in [6.07, 6.45) is 0.941. The average molecular weight is 336 g/mol. The topological polar surface area (TPSA) is 44.5 Å². The number of halogens is 3. The first-order valence-corrected chi connectivity index (χ1v) is 7.00. The van der Waals surface area contributed by atoms with Gasteiger partial charge in [-0.2, -0.15) is 0 Å². The van der Waals surface area contributed by atoms with Gasteiger partial charge >= 0.3 is 0 Å². The molecule has 19 heavy (non-hydrogen) atoms. The smallest absolute Gasteiger partial charge is 0.169 e. The molecule has 0 amide bonds. The van der Waals surface area contributed by atoms with E-state index < -0.39 is 11.6 Å². The first-order valence-electron chi connectivity index (χ1n) is 6.21. The van der Waals surface area contributed by atoms with E-state index in [1.807, 2.05) is 6.92 Å². The van der Waals surface area contributed by atoms with Crippen molar-refractivity contribution in [1.29, 1.82) is 0 Å². The van der Waals surface area contributed by atoms with E-state index in [2.05, 4.69) is 15.9 Å². The number of hydrogen-bond acceptors (Lipinski definition) is 3. The van der Waals surface area contributed by atoms with Crippen LogP contribution in [0, 0.1) is 11.6 Å². The second-order valence-electron chi connectivity index (χ2n) is 4.59. The van der Waals surface area contributed by atoms with Crippen LogP contribution in [0.3, 0.4) is 0 Å². The minimum Gasteiger partial charge on any atom is -0.483 e. The van der Waals surface area contributed by atoms with Gasteiger partial charge in [0.1, 0.15) is 18.0 Å². The van der Waals surface area contributed by atoms with Crippen LogP contribution in [0.2, 0.25) is 0 Å². The van der Waals surface area contributed by atoms with Crippen LogP contribution in [0.1, 0.15) is 19.8 Å². The van der Waals surface area contributed by atoms with Crippen LogP contribution in [0.4, 0.5) is 8.78 Å². The Labute approximate surface area is 119 Å². The summed E-state index contributed by atoms with van der Waals surface area (Å²) in [5.41, 5.74) is 5.84. The Bertz CT molecular complexity index is 435. The summed E-state index contributed by atoms with van der Waals surface area (Å²) in [5, 5.41) is 0. The van der Waals surface area contributed by atoms with E-state index in [1.165, 1.54) is 6.07 Å². The molecule has 0 bridgehead atoms. The molecule has 1 fully saturated rings. The van der Waals surface area contributed by atoms with Gasteiger partial charge in [-0.1, -0.05) is 6.92 Å². The fraction of sp³-hybridized carbons (Fsp3) is 0.538. The van der Waals surface area contributed by atoms with Gasteiger partial charge in [0, 0.05) is 25.1 Å². The van der Waals surface area contributed by atoms with E-state index >= 15 is 0 Å². The quantitative estimate of drug-likeness (QED) is 0.899. The van der Waals surface area contributed by atoms with Gasteiger partial charge in [0.25, 0.3) is 0 Å². The Kier molecular flexibility index (Phi) is 4.76. The number of benzene rings is 1. The van der Waals surface area contributed by atoms with Crippen molar-refractivity contribution in [2.45, 2.75) is 38.0 Å². The Morgan fingerprint density at radius 2 is 2.16 bits per heavy atom. The summed E-state index contributed by atoms with van der Waals surface area (Å²) >= 11 is 3.09. The Hall–Kier alpha value is -0.720. The van der Waals surface area contributed by atoms with E-state index in [4.69, 9.17) is 15.2 Å². The van der Waals surface area contributed by atoms with Gasteiger partial charge in [-0.3, -0.25) is 0 Å². The maximum absolute atomic E-state index is 13.6. The first kappa shape index (κ1) is 14.7. The summed E-state index contributed by atoms with van der Waals surface area (Å²) in [4.78, 5) is 0. The predicted octanol–water partition coefficient (Wildman–Crippen LogP) is 3.00. The molecule has 1 aromatic rings. The molecule has 0 radical (unpaired) electrons. The molecular formula is C13H16BrF2NO2. The molecule has 0 heterocycles. The Morgan fingerprint density at radius 1 is 1.42 bits per heavy atom. The van der Waals surface area contributed by atoms with Crippen LogP contribution in [0.25, 0.3) is 0 Å². The largest absolute Gasteiger partial charge is 0.483 e. The minimum absolute atomic E-state index is 0.00315. The van der Waals surface area contributed by atoms with Crippen molar-refractivity contribution in [3.63, 3.8) is 0 Å². The van der Waals surface area contributed by atoms with Gasteiger partial charge in [-0.15, -0.1) is 0 Å². The molecule has 3 atom stereocenters. The lowest BCUT2D eigenvalue weighted by molar-refractivity contribution is -0.0991. The Balaban J connectivity index is 2.05. The van der Waals surface area contributed by atoms with Gasteiger partial charge in [-0.05, 0) is 28.4 Å². The van der Waals surface area contributed by atoms with Crippen molar-refractivity contribution in [2.75, 3.05) is 6.61 Å². The van der Waals surface area contributed by atoms with Crippen LogP contribution >= 0.6 is 15.9 Å². The molecule has 2 rings (SSSR count). The summed E-state index contributed by atoms with van der Waals surface area (Å²) in [6, 6.07) is 1.86. The highest BCUT2D eigenvalue weighted by molar-refractivity contribution is 9.10. The predicted molar refractivity (Wildman–Crippen MR) is 71.1 cm³/mol. The number of hydrogen-bond donors (Lipinski definition) is 1. The summed E-state index contributed by atoms with van der Waals surface area (Å²) in [6.45, 7) is 2.58. The number of ether oxygens (including phenoxy) is 2. The highest BCUT2D eigenvalue weighted by Gasteiger charge is 2.42. The molecule has 6 heteroatoms. The third kappa shape index (κ3) is 3.24. The molecule has 3 nitrogen and oxygen atoms in total. The zero-order chi connectivity index (χ0) is 14.0. The highest BCUT2D eigenvalue weighted by atomic mass is 79.9. The maximum Gasteiger partial charge on any atom is 0.169 e. The molecule has 0 saturated heterocycles. The van der Waals surface area contributed by atoms with Gasteiger partial charge in [0.15, 0.2) is 11.6 Å². The van der Waals surface area contributed by atoms with E-state index in [0.717, 1.165) is 12.5 Å². The fourth-order valence-corrected chi connectivity index (χ4v) is 2.51. The third-order valence-corrected chi connectivity index (χ3v) is 3.63. The van der Waals surface area contributed by atoms with Crippen molar-refractivity contribution in [1.82, 2.24) is 0 Å². The molecule has 1 saturated carbocycles. The zero-order valence-electron chi connectivity index (χ0n) is 10.5. The minimum atomic E-state index is -0.735. The van der Waals surface area contributed by atoms with Crippen molar-refractivity contribution in [3.8, 4) is 5.75 Å². The van der Waals surface area contributed by atoms with Crippen molar-refractivity contribution in [2.24, 2.45) is 5.73 Å². The number of nitrogens with two attached hydrogens (primary N) is 1. The highest BCUT2D eigenvalue weighted by Crippen LogP contribution is 2.34. The van der Waals surface area contributed by atoms with Crippen LogP contribution < -0.4 is 10.5 Å². The fourth-order valence-electron chi connectivity index (χ4n) is 2.01. The van der Waals surface area contributed by atoms with Gasteiger partial charge in [0.2, 0.25) is 0 Å². The second-order valence-corrected chi connectivity index (χ2v) is 5.44. The SMILES string of the molecule is CCCOC1C(N)CC1Oc1c(F)cc(F)cc1Br. The molecule has 0 aliphatic heterocycles. The van der Waals surface area contributed by atoms with E-state index in [0.29, 0.717) is 13.0 Å². The average Bonchev–Trinajstić information content (AvgIpc) is 2.32. The maximum atomic E-state index is 13.6. The van der Waals surface area contributed by atoms with Crippen LogP contribution in [0.5, 0.6) is 5.75 Å². The van der Waals surface area contributed by atoms with E-state index in [9.17, 15) is 8.78 Å². The van der Waals surface area contributed by atoms with Crippen LogP contribution in [-0.4, -0.2) is 24.9 Å². The normalized spacial score (nSPS) is 26.1. The lowest BCUT2D eigenvalue weighted by atomic mass is 9.86. The monoisotopic (exact) mass is 335 g/mol. The van der Waals surface area contributed by atoms with Crippen molar-refractivity contribution >= 4 is 15.9 Å². The molecule has 1 aliphatic carbocycles. The molecule has 0 aromatic heterocycles. The second kappa shape index (κ2) is 6.15. The molecule has 2 N–H and O–H groups in total. The lowest BCUT2D eigenvalue weighted by Gasteiger charge is -2.41. The molecule has 3 unspecified atom stereocenters. The molecular weight excluding hydrogens is 320 g/mol. The molecule has 1 aromatic carbocycles. The summed E-state index contributed by atoms with van der Waals surface area (Å²) < 4.78 is 38.0. The third-order valence-electron chi connectivity index (χ3n) is 3.04. The van der Waals surface area contributed by atoms with Crippen LogP contribution in [0.15, 0.2) is 16.6 Å². The molecule has 106 valence electrons. The van der Waals surface area contributed by atoms with Crippen LogP contribution in [-0.2, 0) is 4.74 Å². The molecule has 0 spiro atoms. The standard InChI is InChI=1S/C13H16BrF2NO2/c1-2-3-18-13-10(17)6-11(13)19-12-8(14)4-7(15)5-9(12)16/h4-5,10-11,13H,2-3,6,17H2,1H3. The summed E-state index contributed by atoms with van der Waals surface area (Å²) in [5.74, 6) is -1.38. The van der Waals surface area contributed by atoms with Crippen molar-refractivity contribution < 1.29 is 18.3 Å². The van der Waals surface area contributed by atoms with Gasteiger partial charge < -0.3 is 15.2 Å². The van der Waals surface area contributed by atoms with Gasteiger partial charge in [0.05, 0.1) is 4.47 Å². The first-order chi connectivity index (χ1) is 9.02. The zero-order valence-corrected chi connectivity index (χ0v) is 12.1. The van der Waals surface area contributed by atoms with Gasteiger partial charge in [-0.25, -0.2) is 8.78 Å². The Morgan fingerprint density at radius 3 is 2.74 bits per heavy atom. The summed E-state index contributed by atoms with van der Waals surface area (Å²) in [7, 11) is 0. The lowest BCUT2D eigenvalue weighted by Crippen LogP contribution is -2.59.